The van der Waals surface area contributed by atoms with E-state index in [0.29, 0.717) is 13.2 Å². The quantitative estimate of drug-likeness (QED) is 0.617. The number of hydrogen-bond acceptors (Lipinski definition) is 6. The zero-order chi connectivity index (χ0) is 13.3. The summed E-state index contributed by atoms with van der Waals surface area (Å²) < 4.78 is 9.83. The lowest BCUT2D eigenvalue weighted by Crippen LogP contribution is -2.48. The van der Waals surface area contributed by atoms with Crippen LogP contribution in [0.1, 0.15) is 26.6 Å². The van der Waals surface area contributed by atoms with Crippen molar-refractivity contribution >= 4 is 22.5 Å². The lowest BCUT2D eigenvalue weighted by Gasteiger charge is -2.31. The number of anilines is 1. The van der Waals surface area contributed by atoms with Crippen molar-refractivity contribution in [2.45, 2.75) is 32.3 Å². The van der Waals surface area contributed by atoms with Crippen LogP contribution in [0.5, 0.6) is 0 Å². The molecule has 0 spiro atoms. The fraction of sp³-hybridized carbons (Fsp3) is 0.727. The monoisotopic (exact) mass is 269 g/mol. The molecule has 1 aliphatic heterocycles. The molecule has 1 fully saturated rings. The molecule has 0 amide bonds. The molecule has 1 aromatic rings. The van der Waals surface area contributed by atoms with Gasteiger partial charge in [-0.25, -0.2) is 4.98 Å². The second-order valence-corrected chi connectivity index (χ2v) is 6.14. The van der Waals surface area contributed by atoms with E-state index in [4.69, 9.17) is 15.9 Å². The number of aromatic nitrogens is 2. The van der Waals surface area contributed by atoms with Crippen LogP contribution in [0.2, 0.25) is 0 Å². The molecule has 1 saturated heterocycles. The highest BCUT2D eigenvalue weighted by molar-refractivity contribution is 7.09. The summed E-state index contributed by atoms with van der Waals surface area (Å²) >= 11 is 1.39. The van der Waals surface area contributed by atoms with Crippen LogP contribution in [0.15, 0.2) is 0 Å². The van der Waals surface area contributed by atoms with Crippen LogP contribution in [-0.2, 0) is 10.2 Å². The maximum atomic E-state index is 7.44. The third-order valence-corrected chi connectivity index (χ3v) is 3.55. The first-order valence-electron chi connectivity index (χ1n) is 5.92. The van der Waals surface area contributed by atoms with Crippen molar-refractivity contribution in [1.82, 2.24) is 9.36 Å². The molecule has 18 heavy (non-hydrogen) atoms. The van der Waals surface area contributed by atoms with Gasteiger partial charge in [0.1, 0.15) is 17.8 Å². The van der Waals surface area contributed by atoms with Crippen LogP contribution >= 0.6 is 11.5 Å². The molecule has 6 nitrogen and oxygen atoms in total. The average molecular weight is 269 g/mol. The van der Waals surface area contributed by atoms with Crippen LogP contribution in [0.4, 0.5) is 5.13 Å². The van der Waals surface area contributed by atoms with Crippen molar-refractivity contribution in [3.63, 3.8) is 0 Å². The summed E-state index contributed by atoms with van der Waals surface area (Å²) in [4.78, 5) is 6.65. The minimum absolute atomic E-state index is 0.0407. The Bertz CT molecular complexity index is 439. The summed E-state index contributed by atoms with van der Waals surface area (Å²) in [6, 6.07) is 0. The molecule has 3 N–H and O–H groups in total. The molecule has 0 saturated carbocycles. The molecular formula is C11H19N5OS. The van der Waals surface area contributed by atoms with E-state index in [-0.39, 0.29) is 17.4 Å². The summed E-state index contributed by atoms with van der Waals surface area (Å²) in [5, 5.41) is 8.32. The molecule has 1 aromatic heterocycles. The zero-order valence-corrected chi connectivity index (χ0v) is 11.8. The molecule has 2 heterocycles. The molecule has 0 aromatic carbocycles. The standard InChI is InChI=1S/C11H19N5OS/c1-11(2,3)9-14-10(18-15-9)16-4-5-17-7(6-16)8(12)13/h7H,4-6H2,1-3H3,(H3,12,13). The topological polar surface area (TPSA) is 88.1 Å². The Morgan fingerprint density at radius 3 is 2.83 bits per heavy atom. The van der Waals surface area contributed by atoms with Gasteiger partial charge in [0.2, 0.25) is 5.13 Å². The van der Waals surface area contributed by atoms with Crippen molar-refractivity contribution in [3.8, 4) is 0 Å². The Kier molecular flexibility index (Phi) is 3.54. The van der Waals surface area contributed by atoms with E-state index in [1.165, 1.54) is 11.5 Å². The Balaban J connectivity index is 2.12. The third-order valence-electron chi connectivity index (χ3n) is 2.77. The lowest BCUT2D eigenvalue weighted by atomic mass is 9.96. The third kappa shape index (κ3) is 2.78. The van der Waals surface area contributed by atoms with Gasteiger partial charge in [0, 0.05) is 23.5 Å². The van der Waals surface area contributed by atoms with Crippen LogP contribution < -0.4 is 10.6 Å². The number of hydrogen-bond donors (Lipinski definition) is 2. The van der Waals surface area contributed by atoms with Gasteiger partial charge in [0.15, 0.2) is 0 Å². The number of amidine groups is 1. The predicted octanol–water partition coefficient (Wildman–Crippen LogP) is 0.977. The molecule has 0 radical (unpaired) electrons. The van der Waals surface area contributed by atoms with Gasteiger partial charge >= 0.3 is 0 Å². The Morgan fingerprint density at radius 1 is 1.56 bits per heavy atom. The Morgan fingerprint density at radius 2 is 2.28 bits per heavy atom. The fourth-order valence-electron chi connectivity index (χ4n) is 1.66. The second-order valence-electron chi connectivity index (χ2n) is 5.41. The number of nitrogens with one attached hydrogen (secondary N) is 1. The van der Waals surface area contributed by atoms with Crippen molar-refractivity contribution < 1.29 is 4.74 Å². The van der Waals surface area contributed by atoms with Crippen LogP contribution in [0.3, 0.4) is 0 Å². The molecule has 2 rings (SSSR count). The summed E-state index contributed by atoms with van der Waals surface area (Å²) in [6.07, 6.45) is -0.333. The van der Waals surface area contributed by atoms with Gasteiger partial charge in [-0.1, -0.05) is 20.8 Å². The van der Waals surface area contributed by atoms with E-state index in [0.717, 1.165) is 17.5 Å². The lowest BCUT2D eigenvalue weighted by molar-refractivity contribution is 0.0826. The van der Waals surface area contributed by atoms with Gasteiger partial charge in [-0.2, -0.15) is 4.37 Å². The number of nitrogens with two attached hydrogens (primary N) is 1. The van der Waals surface area contributed by atoms with E-state index in [9.17, 15) is 0 Å². The van der Waals surface area contributed by atoms with Gasteiger partial charge in [0.05, 0.1) is 13.2 Å². The van der Waals surface area contributed by atoms with Gasteiger partial charge < -0.3 is 15.4 Å². The summed E-state index contributed by atoms with van der Waals surface area (Å²) in [5.41, 5.74) is 5.44. The van der Waals surface area contributed by atoms with Gasteiger partial charge in [-0.3, -0.25) is 5.41 Å². The first kappa shape index (κ1) is 13.2. The van der Waals surface area contributed by atoms with Crippen LogP contribution in [0, 0.1) is 5.41 Å². The molecule has 0 aliphatic carbocycles. The van der Waals surface area contributed by atoms with Crippen molar-refractivity contribution in [2.75, 3.05) is 24.6 Å². The number of morpholine rings is 1. The van der Waals surface area contributed by atoms with Crippen molar-refractivity contribution in [1.29, 1.82) is 5.41 Å². The first-order chi connectivity index (χ1) is 8.38. The van der Waals surface area contributed by atoms with Crippen molar-refractivity contribution in [3.05, 3.63) is 5.82 Å². The number of rotatable bonds is 2. The molecule has 7 heteroatoms. The highest BCUT2D eigenvalue weighted by Crippen LogP contribution is 2.26. The van der Waals surface area contributed by atoms with Crippen molar-refractivity contribution in [2.24, 2.45) is 5.73 Å². The van der Waals surface area contributed by atoms with E-state index in [1.54, 1.807) is 0 Å². The molecule has 1 atom stereocenters. The van der Waals surface area contributed by atoms with E-state index >= 15 is 0 Å². The van der Waals surface area contributed by atoms with E-state index in [1.807, 2.05) is 0 Å². The molecule has 0 bridgehead atoms. The fourth-order valence-corrected chi connectivity index (χ4v) is 2.55. The molecular weight excluding hydrogens is 250 g/mol. The predicted molar refractivity (Wildman–Crippen MR) is 72.5 cm³/mol. The SMILES string of the molecule is CC(C)(C)c1nsc(N2CCOC(C(=N)N)C2)n1. The number of ether oxygens (including phenoxy) is 1. The summed E-state index contributed by atoms with van der Waals surface area (Å²) in [6.45, 7) is 8.19. The Labute approximate surface area is 111 Å². The van der Waals surface area contributed by atoms with E-state index in [2.05, 4.69) is 35.0 Å². The van der Waals surface area contributed by atoms with E-state index < -0.39 is 0 Å². The van der Waals surface area contributed by atoms with Gasteiger partial charge in [-0.05, 0) is 0 Å². The molecule has 100 valence electrons. The largest absolute Gasteiger partial charge is 0.385 e. The highest BCUT2D eigenvalue weighted by atomic mass is 32.1. The van der Waals surface area contributed by atoms with Crippen LogP contribution in [0.25, 0.3) is 0 Å². The highest BCUT2D eigenvalue weighted by Gasteiger charge is 2.27. The average Bonchev–Trinajstić information content (AvgIpc) is 2.78. The second kappa shape index (κ2) is 4.81. The van der Waals surface area contributed by atoms with Gasteiger partial charge in [0.25, 0.3) is 0 Å². The van der Waals surface area contributed by atoms with Crippen LogP contribution in [-0.4, -0.2) is 41.0 Å². The maximum Gasteiger partial charge on any atom is 0.205 e. The maximum absolute atomic E-state index is 7.44. The van der Waals surface area contributed by atoms with Gasteiger partial charge in [-0.15, -0.1) is 0 Å². The molecule has 1 aliphatic rings. The first-order valence-corrected chi connectivity index (χ1v) is 6.70. The smallest absolute Gasteiger partial charge is 0.205 e. The Hall–Kier alpha value is -1.21. The zero-order valence-electron chi connectivity index (χ0n) is 10.9. The minimum atomic E-state index is -0.333. The normalized spacial score (nSPS) is 21.1. The summed E-state index contributed by atoms with van der Waals surface area (Å²) in [7, 11) is 0. The minimum Gasteiger partial charge on any atom is -0.385 e. The molecule has 1 unspecified atom stereocenters. The number of nitrogens with zero attached hydrogens (tertiary/aromatic N) is 3. The summed E-state index contributed by atoms with van der Waals surface area (Å²) in [5.74, 6) is 0.925.